The van der Waals surface area contributed by atoms with Gasteiger partial charge in [0.25, 0.3) is 0 Å². The van der Waals surface area contributed by atoms with Crippen molar-refractivity contribution in [3.8, 4) is 0 Å². The van der Waals surface area contributed by atoms with Crippen molar-refractivity contribution < 1.29 is 12.8 Å². The first-order valence-corrected chi connectivity index (χ1v) is 8.76. The van der Waals surface area contributed by atoms with Crippen molar-refractivity contribution in [3.05, 3.63) is 29.1 Å². The predicted octanol–water partition coefficient (Wildman–Crippen LogP) is 1.75. The van der Waals surface area contributed by atoms with Crippen molar-refractivity contribution in [2.24, 2.45) is 10.7 Å². The van der Waals surface area contributed by atoms with Crippen LogP contribution in [0.3, 0.4) is 0 Å². The first-order valence-electron chi connectivity index (χ1n) is 7.11. The highest BCUT2D eigenvalue weighted by Gasteiger charge is 2.49. The number of aryl methyl sites for hydroxylation is 1. The third-order valence-electron chi connectivity index (χ3n) is 4.42. The zero-order chi connectivity index (χ0) is 16.9. The van der Waals surface area contributed by atoms with Crippen LogP contribution in [-0.2, 0) is 21.8 Å². The van der Waals surface area contributed by atoms with E-state index in [0.717, 1.165) is 0 Å². The summed E-state index contributed by atoms with van der Waals surface area (Å²) in [6.45, 7) is 6.45. The Bertz CT molecular complexity index is 756. The largest absolute Gasteiger partial charge is 0.398 e. The number of hydrogen-bond donors (Lipinski definition) is 2. The van der Waals surface area contributed by atoms with Crippen LogP contribution in [0.4, 0.5) is 10.1 Å². The van der Waals surface area contributed by atoms with Crippen LogP contribution < -0.4 is 11.5 Å². The molecule has 1 atom stereocenters. The van der Waals surface area contributed by atoms with E-state index in [2.05, 4.69) is 4.99 Å². The highest BCUT2D eigenvalue weighted by Crippen LogP contribution is 2.38. The summed E-state index contributed by atoms with van der Waals surface area (Å²) >= 11 is 0. The molecule has 5 nitrogen and oxygen atoms in total. The van der Waals surface area contributed by atoms with Gasteiger partial charge in [-0.2, -0.15) is 0 Å². The number of anilines is 1. The molecule has 0 amide bonds. The Labute approximate surface area is 130 Å². The molecule has 1 aromatic carbocycles. The molecule has 0 aromatic heterocycles. The molecule has 0 bridgehead atoms. The lowest BCUT2D eigenvalue weighted by Crippen LogP contribution is -2.55. The van der Waals surface area contributed by atoms with Gasteiger partial charge >= 0.3 is 0 Å². The van der Waals surface area contributed by atoms with Crippen LogP contribution in [0.25, 0.3) is 0 Å². The van der Waals surface area contributed by atoms with E-state index in [9.17, 15) is 12.8 Å². The molecule has 4 N–H and O–H groups in total. The normalized spacial score (nSPS) is 26.5. The number of sulfone groups is 1. The van der Waals surface area contributed by atoms with E-state index >= 15 is 0 Å². The second-order valence-electron chi connectivity index (χ2n) is 6.42. The molecule has 1 heterocycles. The Morgan fingerprint density at radius 2 is 1.86 bits per heavy atom. The van der Waals surface area contributed by atoms with Crippen molar-refractivity contribution >= 4 is 21.4 Å². The molecule has 22 heavy (non-hydrogen) atoms. The van der Waals surface area contributed by atoms with Gasteiger partial charge in [-0.25, -0.2) is 12.8 Å². The lowest BCUT2D eigenvalue weighted by molar-refractivity contribution is 0.475. The SMILES string of the molecule is CCc1cc(F)c(C2(C)CS(=O)(=O)C(C)(C)C(N)=N2)cc1N. The highest BCUT2D eigenvalue weighted by molar-refractivity contribution is 7.93. The van der Waals surface area contributed by atoms with E-state index in [1.54, 1.807) is 6.92 Å². The summed E-state index contributed by atoms with van der Waals surface area (Å²) in [4.78, 5) is 4.31. The lowest BCUT2D eigenvalue weighted by atomic mass is 9.91. The molecule has 2 rings (SSSR count). The number of nitrogens with zero attached hydrogens (tertiary/aromatic N) is 1. The van der Waals surface area contributed by atoms with Crippen molar-refractivity contribution in [1.82, 2.24) is 0 Å². The van der Waals surface area contributed by atoms with Gasteiger partial charge in [-0.1, -0.05) is 6.92 Å². The molecule has 7 heteroatoms. The fraction of sp³-hybridized carbons (Fsp3) is 0.533. The van der Waals surface area contributed by atoms with Crippen molar-refractivity contribution in [2.75, 3.05) is 11.5 Å². The summed E-state index contributed by atoms with van der Waals surface area (Å²) in [7, 11) is -3.57. The van der Waals surface area contributed by atoms with E-state index in [4.69, 9.17) is 11.5 Å². The fourth-order valence-corrected chi connectivity index (χ4v) is 4.32. The molecule has 1 aromatic rings. The van der Waals surface area contributed by atoms with Gasteiger partial charge in [-0.05, 0) is 44.9 Å². The van der Waals surface area contributed by atoms with Crippen LogP contribution in [0.5, 0.6) is 0 Å². The molecule has 1 aliphatic rings. The Balaban J connectivity index is 2.68. The number of hydrogen-bond acceptors (Lipinski definition) is 5. The van der Waals surface area contributed by atoms with Crippen molar-refractivity contribution in [1.29, 1.82) is 0 Å². The third kappa shape index (κ3) is 2.37. The van der Waals surface area contributed by atoms with Crippen LogP contribution in [0.15, 0.2) is 17.1 Å². The maximum absolute atomic E-state index is 14.5. The number of rotatable bonds is 2. The summed E-state index contributed by atoms with van der Waals surface area (Å²) in [5.74, 6) is -0.839. The summed E-state index contributed by atoms with van der Waals surface area (Å²) in [6.07, 6.45) is 0.594. The zero-order valence-electron chi connectivity index (χ0n) is 13.3. The van der Waals surface area contributed by atoms with Crippen LogP contribution in [-0.4, -0.2) is 24.8 Å². The Morgan fingerprint density at radius 1 is 1.27 bits per heavy atom. The van der Waals surface area contributed by atoms with Gasteiger partial charge in [0, 0.05) is 11.3 Å². The standard InChI is InChI=1S/C15H22FN3O2S/c1-5-9-6-11(16)10(7-12(9)17)15(4)8-22(20,21)14(2,3)13(18)19-15/h6-7H,5,8,17H2,1-4H3,(H2,18,19). The maximum atomic E-state index is 14.5. The van der Waals surface area contributed by atoms with E-state index < -0.39 is 25.9 Å². The molecule has 0 aliphatic carbocycles. The van der Waals surface area contributed by atoms with Gasteiger partial charge in [0.1, 0.15) is 21.9 Å². The average molecular weight is 327 g/mol. The van der Waals surface area contributed by atoms with E-state index in [-0.39, 0.29) is 17.2 Å². The first-order chi connectivity index (χ1) is 9.94. The van der Waals surface area contributed by atoms with Gasteiger partial charge in [0.15, 0.2) is 9.84 Å². The second-order valence-corrected chi connectivity index (χ2v) is 8.96. The molecule has 1 unspecified atom stereocenters. The Hall–Kier alpha value is -1.63. The third-order valence-corrected chi connectivity index (χ3v) is 7.13. The quantitative estimate of drug-likeness (QED) is 0.808. The maximum Gasteiger partial charge on any atom is 0.165 e. The predicted molar refractivity (Wildman–Crippen MR) is 87.0 cm³/mol. The monoisotopic (exact) mass is 327 g/mol. The molecule has 0 fully saturated rings. The van der Waals surface area contributed by atoms with Gasteiger partial charge in [-0.15, -0.1) is 0 Å². The minimum absolute atomic E-state index is 0.0150. The lowest BCUT2D eigenvalue weighted by Gasteiger charge is -2.38. The number of nitrogens with two attached hydrogens (primary N) is 2. The number of benzene rings is 1. The summed E-state index contributed by atoms with van der Waals surface area (Å²) in [5.41, 5.74) is 11.8. The number of halogens is 1. The minimum Gasteiger partial charge on any atom is -0.398 e. The van der Waals surface area contributed by atoms with Gasteiger partial charge < -0.3 is 11.5 Å². The van der Waals surface area contributed by atoms with Crippen LogP contribution in [0, 0.1) is 5.82 Å². The van der Waals surface area contributed by atoms with Crippen molar-refractivity contribution in [3.63, 3.8) is 0 Å². The smallest absolute Gasteiger partial charge is 0.165 e. The molecular formula is C15H22FN3O2S. The number of nitrogen functional groups attached to an aromatic ring is 1. The molecule has 0 spiro atoms. The summed E-state index contributed by atoms with van der Waals surface area (Å²) < 4.78 is 38.2. The topological polar surface area (TPSA) is 98.5 Å². The number of amidine groups is 1. The molecular weight excluding hydrogens is 305 g/mol. The molecule has 1 aliphatic heterocycles. The molecule has 0 radical (unpaired) electrons. The van der Waals surface area contributed by atoms with E-state index in [0.29, 0.717) is 17.7 Å². The molecule has 122 valence electrons. The van der Waals surface area contributed by atoms with Gasteiger partial charge in [0.2, 0.25) is 0 Å². The van der Waals surface area contributed by atoms with Gasteiger partial charge in [0.05, 0.1) is 5.75 Å². The van der Waals surface area contributed by atoms with Crippen molar-refractivity contribution in [2.45, 2.75) is 44.4 Å². The summed E-state index contributed by atoms with van der Waals surface area (Å²) in [6, 6.07) is 2.81. The highest BCUT2D eigenvalue weighted by atomic mass is 32.2. The Morgan fingerprint density at radius 3 is 2.36 bits per heavy atom. The van der Waals surface area contributed by atoms with Crippen LogP contribution >= 0.6 is 0 Å². The molecule has 0 saturated heterocycles. The average Bonchev–Trinajstić information content (AvgIpc) is 2.38. The van der Waals surface area contributed by atoms with Crippen LogP contribution in [0.1, 0.15) is 38.8 Å². The molecule has 0 saturated carbocycles. The number of aliphatic imine (C=N–C) groups is 1. The fourth-order valence-electron chi connectivity index (χ4n) is 2.63. The van der Waals surface area contributed by atoms with E-state index in [1.807, 2.05) is 6.92 Å². The zero-order valence-corrected chi connectivity index (χ0v) is 14.1. The van der Waals surface area contributed by atoms with Crippen LogP contribution in [0.2, 0.25) is 0 Å². The Kier molecular flexibility index (Phi) is 3.76. The first kappa shape index (κ1) is 16.7. The van der Waals surface area contributed by atoms with E-state index in [1.165, 1.54) is 26.0 Å². The minimum atomic E-state index is -3.57. The summed E-state index contributed by atoms with van der Waals surface area (Å²) in [5, 5.41) is 0. The second kappa shape index (κ2) is 4.94. The van der Waals surface area contributed by atoms with Gasteiger partial charge in [-0.3, -0.25) is 4.99 Å².